The molecule has 1 rings (SSSR count). The Hall–Kier alpha value is -1.49. The van der Waals surface area contributed by atoms with Gasteiger partial charge in [0, 0.05) is 19.2 Å². The first-order chi connectivity index (χ1) is 7.72. The van der Waals surface area contributed by atoms with Crippen LogP contribution < -0.4 is 10.6 Å². The van der Waals surface area contributed by atoms with E-state index in [1.165, 1.54) is 0 Å². The van der Waals surface area contributed by atoms with Crippen molar-refractivity contribution in [1.29, 1.82) is 0 Å². The first kappa shape index (κ1) is 12.6. The second kappa shape index (κ2) is 6.90. The lowest BCUT2D eigenvalue weighted by molar-refractivity contribution is -0.121. The molecule has 5 nitrogen and oxygen atoms in total. The maximum Gasteiger partial charge on any atom is 0.221 e. The zero-order valence-electron chi connectivity index (χ0n) is 9.79. The third-order valence-electron chi connectivity index (χ3n) is 2.08. The summed E-state index contributed by atoms with van der Waals surface area (Å²) in [4.78, 5) is 19.6. The summed E-state index contributed by atoms with van der Waals surface area (Å²) in [6.07, 6.45) is 2.19. The lowest BCUT2D eigenvalue weighted by Gasteiger charge is -2.05. The highest BCUT2D eigenvalue weighted by atomic mass is 16.1. The average molecular weight is 222 g/mol. The smallest absolute Gasteiger partial charge is 0.221 e. The fraction of sp³-hybridized carbons (Fsp3) is 0.545. The summed E-state index contributed by atoms with van der Waals surface area (Å²) >= 11 is 0. The van der Waals surface area contributed by atoms with Crippen LogP contribution in [0, 0.1) is 6.92 Å². The van der Waals surface area contributed by atoms with Gasteiger partial charge in [-0.15, -0.1) is 0 Å². The Morgan fingerprint density at radius 1 is 1.50 bits per heavy atom. The molecule has 1 heterocycles. The van der Waals surface area contributed by atoms with E-state index >= 15 is 0 Å². The van der Waals surface area contributed by atoms with Gasteiger partial charge >= 0.3 is 0 Å². The zero-order chi connectivity index (χ0) is 11.8. The van der Waals surface area contributed by atoms with Crippen molar-refractivity contribution >= 4 is 5.91 Å². The fourth-order valence-corrected chi connectivity index (χ4v) is 1.26. The van der Waals surface area contributed by atoms with Crippen molar-refractivity contribution in [3.63, 3.8) is 0 Å². The molecule has 5 heteroatoms. The minimum atomic E-state index is 0.0391. The molecule has 16 heavy (non-hydrogen) atoms. The van der Waals surface area contributed by atoms with Crippen LogP contribution in [0.1, 0.15) is 24.9 Å². The third-order valence-corrected chi connectivity index (χ3v) is 2.08. The van der Waals surface area contributed by atoms with E-state index in [1.807, 2.05) is 13.8 Å². The molecule has 0 aliphatic rings. The van der Waals surface area contributed by atoms with Gasteiger partial charge in [-0.2, -0.15) is 0 Å². The number of hydrogen-bond donors (Lipinski definition) is 2. The minimum absolute atomic E-state index is 0.0391. The quantitative estimate of drug-likeness (QED) is 0.684. The molecule has 0 spiro atoms. The third kappa shape index (κ3) is 4.84. The van der Waals surface area contributed by atoms with Gasteiger partial charge in [-0.05, 0) is 19.5 Å². The van der Waals surface area contributed by atoms with E-state index in [4.69, 9.17) is 0 Å². The normalized spacial score (nSPS) is 10.1. The molecule has 88 valence electrons. The second-order valence-electron chi connectivity index (χ2n) is 3.48. The molecule has 0 radical (unpaired) electrons. The van der Waals surface area contributed by atoms with Gasteiger partial charge in [-0.25, -0.2) is 9.97 Å². The largest absolute Gasteiger partial charge is 0.350 e. The molecular formula is C11H18N4O. The number of amides is 1. The van der Waals surface area contributed by atoms with Crippen LogP contribution in [0.5, 0.6) is 0 Å². The number of carbonyl (C=O) groups is 1. The van der Waals surface area contributed by atoms with E-state index in [0.717, 1.165) is 18.1 Å². The van der Waals surface area contributed by atoms with Crippen LogP contribution >= 0.6 is 0 Å². The number of aromatic nitrogens is 2. The Labute approximate surface area is 95.7 Å². The van der Waals surface area contributed by atoms with Crippen LogP contribution in [0.25, 0.3) is 0 Å². The van der Waals surface area contributed by atoms with E-state index in [2.05, 4.69) is 20.6 Å². The van der Waals surface area contributed by atoms with Crippen molar-refractivity contribution < 1.29 is 4.79 Å². The molecule has 0 aliphatic carbocycles. The molecule has 1 amide bonds. The van der Waals surface area contributed by atoms with Crippen LogP contribution in [0.2, 0.25) is 0 Å². The molecule has 0 aromatic carbocycles. The van der Waals surface area contributed by atoms with Gasteiger partial charge in [-0.1, -0.05) is 6.92 Å². The van der Waals surface area contributed by atoms with Crippen LogP contribution in [-0.4, -0.2) is 29.0 Å². The topological polar surface area (TPSA) is 66.9 Å². The van der Waals surface area contributed by atoms with Crippen LogP contribution in [0.4, 0.5) is 0 Å². The first-order valence-electron chi connectivity index (χ1n) is 5.48. The van der Waals surface area contributed by atoms with E-state index in [0.29, 0.717) is 19.5 Å². The summed E-state index contributed by atoms with van der Waals surface area (Å²) in [5, 5.41) is 5.92. The number of nitrogens with zero attached hydrogens (tertiary/aromatic N) is 2. The Bertz CT molecular complexity index is 341. The summed E-state index contributed by atoms with van der Waals surface area (Å²) in [6.45, 7) is 5.91. The Morgan fingerprint density at radius 3 is 3.00 bits per heavy atom. The van der Waals surface area contributed by atoms with Gasteiger partial charge < -0.3 is 10.6 Å². The first-order valence-corrected chi connectivity index (χ1v) is 5.48. The zero-order valence-corrected chi connectivity index (χ0v) is 9.79. The van der Waals surface area contributed by atoms with Crippen LogP contribution in [0.15, 0.2) is 12.3 Å². The van der Waals surface area contributed by atoms with Gasteiger partial charge in [0.05, 0.1) is 12.2 Å². The molecule has 2 N–H and O–H groups in total. The number of nitrogens with one attached hydrogen (secondary N) is 2. The lowest BCUT2D eigenvalue weighted by atomic mass is 10.3. The van der Waals surface area contributed by atoms with Crippen LogP contribution in [-0.2, 0) is 11.3 Å². The van der Waals surface area contributed by atoms with Crippen LogP contribution in [0.3, 0.4) is 0 Å². The number of rotatable bonds is 6. The second-order valence-corrected chi connectivity index (χ2v) is 3.48. The molecule has 0 fully saturated rings. The average Bonchev–Trinajstić information content (AvgIpc) is 2.27. The molecule has 0 aliphatic heterocycles. The predicted octanol–water partition coefficient (Wildman–Crippen LogP) is 0.401. The van der Waals surface area contributed by atoms with Crippen molar-refractivity contribution in [3.05, 3.63) is 23.8 Å². The van der Waals surface area contributed by atoms with E-state index in [1.54, 1.807) is 12.3 Å². The monoisotopic (exact) mass is 222 g/mol. The van der Waals surface area contributed by atoms with E-state index < -0.39 is 0 Å². The van der Waals surface area contributed by atoms with E-state index in [9.17, 15) is 4.79 Å². The highest BCUT2D eigenvalue weighted by molar-refractivity contribution is 5.75. The highest BCUT2D eigenvalue weighted by Crippen LogP contribution is 1.94. The van der Waals surface area contributed by atoms with Crippen molar-refractivity contribution in [2.24, 2.45) is 0 Å². The standard InChI is InChI=1S/C11H18N4O/c1-3-12-6-5-11(16)14-8-10-4-7-13-9(2)15-10/h4,7,12H,3,5-6,8H2,1-2H3,(H,14,16). The molecule has 0 saturated carbocycles. The molecule has 0 saturated heterocycles. The van der Waals surface area contributed by atoms with Gasteiger partial charge in [0.25, 0.3) is 0 Å². The van der Waals surface area contributed by atoms with Gasteiger partial charge in [-0.3, -0.25) is 4.79 Å². The SMILES string of the molecule is CCNCCC(=O)NCc1ccnc(C)n1. The molecule has 0 unspecified atom stereocenters. The molecule has 1 aromatic rings. The Morgan fingerprint density at radius 2 is 2.31 bits per heavy atom. The summed E-state index contributed by atoms with van der Waals surface area (Å²) in [7, 11) is 0. The molecular weight excluding hydrogens is 204 g/mol. The van der Waals surface area contributed by atoms with Crippen molar-refractivity contribution in [1.82, 2.24) is 20.6 Å². The summed E-state index contributed by atoms with van der Waals surface area (Å²) in [5.41, 5.74) is 0.837. The van der Waals surface area contributed by atoms with Gasteiger partial charge in [0.15, 0.2) is 0 Å². The minimum Gasteiger partial charge on any atom is -0.350 e. The maximum atomic E-state index is 11.4. The van der Waals surface area contributed by atoms with Gasteiger partial charge in [0.1, 0.15) is 5.82 Å². The van der Waals surface area contributed by atoms with Crippen molar-refractivity contribution in [2.75, 3.05) is 13.1 Å². The summed E-state index contributed by atoms with van der Waals surface area (Å²) in [5.74, 6) is 0.761. The molecule has 1 aromatic heterocycles. The Kier molecular flexibility index (Phi) is 5.42. The van der Waals surface area contributed by atoms with Crippen molar-refractivity contribution in [2.45, 2.75) is 26.8 Å². The molecule has 0 bridgehead atoms. The van der Waals surface area contributed by atoms with Gasteiger partial charge in [0.2, 0.25) is 5.91 Å². The lowest BCUT2D eigenvalue weighted by Crippen LogP contribution is -2.27. The summed E-state index contributed by atoms with van der Waals surface area (Å²) in [6, 6.07) is 1.80. The predicted molar refractivity (Wildman–Crippen MR) is 61.8 cm³/mol. The summed E-state index contributed by atoms with van der Waals surface area (Å²) < 4.78 is 0. The number of hydrogen-bond acceptors (Lipinski definition) is 4. The number of carbonyl (C=O) groups excluding carboxylic acids is 1. The Balaban J connectivity index is 2.26. The molecule has 0 atom stereocenters. The maximum absolute atomic E-state index is 11.4. The fourth-order valence-electron chi connectivity index (χ4n) is 1.26. The van der Waals surface area contributed by atoms with Crippen molar-refractivity contribution in [3.8, 4) is 0 Å². The van der Waals surface area contributed by atoms with E-state index in [-0.39, 0.29) is 5.91 Å². The highest BCUT2D eigenvalue weighted by Gasteiger charge is 2.01. The number of aryl methyl sites for hydroxylation is 1.